The van der Waals surface area contributed by atoms with E-state index in [4.69, 9.17) is 0 Å². The number of alkyl halides is 1. The zero-order valence-corrected chi connectivity index (χ0v) is 11.8. The van der Waals surface area contributed by atoms with Gasteiger partial charge in [-0.25, -0.2) is 0 Å². The molecule has 0 spiro atoms. The minimum atomic E-state index is -0.372. The van der Waals surface area contributed by atoms with Crippen LogP contribution in [0.15, 0.2) is 41.0 Å². The molecule has 1 N–H and O–H groups in total. The summed E-state index contributed by atoms with van der Waals surface area (Å²) in [5.41, 5.74) is 1.13. The van der Waals surface area contributed by atoms with Crippen LogP contribution in [-0.2, 0) is 6.54 Å². The Labute approximate surface area is 111 Å². The van der Waals surface area contributed by atoms with Crippen molar-refractivity contribution in [3.63, 3.8) is 0 Å². The molecule has 1 heterocycles. The molecule has 0 aliphatic rings. The summed E-state index contributed by atoms with van der Waals surface area (Å²) in [5, 5.41) is 11.4. The number of hydrogen-bond acceptors (Lipinski definition) is 1. The van der Waals surface area contributed by atoms with Crippen LogP contribution in [0.2, 0.25) is 0 Å². The maximum absolute atomic E-state index is 9.68. The Morgan fingerprint density at radius 2 is 2.06 bits per heavy atom. The normalized spacial score (nSPS) is 12.9. The van der Waals surface area contributed by atoms with Gasteiger partial charge in [0.1, 0.15) is 6.10 Å². The van der Waals surface area contributed by atoms with Crippen molar-refractivity contribution in [3.05, 3.63) is 41.0 Å². The average Bonchev–Trinajstić information content (AvgIpc) is 2.28. The SMILES string of the molecule is O[C@H](CBr)C[n+]1cc(Br)cc2ccccc21. The Morgan fingerprint density at radius 1 is 1.31 bits per heavy atom. The van der Waals surface area contributed by atoms with Crippen molar-refractivity contribution in [1.29, 1.82) is 0 Å². The Kier molecular flexibility index (Phi) is 3.95. The predicted molar refractivity (Wildman–Crippen MR) is 71.6 cm³/mol. The lowest BCUT2D eigenvalue weighted by Gasteiger charge is -2.05. The van der Waals surface area contributed by atoms with Crippen LogP contribution < -0.4 is 4.57 Å². The van der Waals surface area contributed by atoms with Gasteiger partial charge in [-0.15, -0.1) is 0 Å². The van der Waals surface area contributed by atoms with Crippen molar-refractivity contribution in [3.8, 4) is 0 Å². The highest BCUT2D eigenvalue weighted by molar-refractivity contribution is 9.10. The fourth-order valence-corrected chi connectivity index (χ4v) is 2.40. The number of pyridine rings is 1. The molecule has 16 heavy (non-hydrogen) atoms. The molecule has 0 unspecified atom stereocenters. The first-order chi connectivity index (χ1) is 7.70. The van der Waals surface area contributed by atoms with E-state index in [1.165, 1.54) is 5.39 Å². The van der Waals surface area contributed by atoms with Gasteiger partial charge < -0.3 is 5.11 Å². The van der Waals surface area contributed by atoms with Crippen LogP contribution in [0.3, 0.4) is 0 Å². The van der Waals surface area contributed by atoms with Gasteiger partial charge in [0, 0.05) is 16.8 Å². The summed E-state index contributed by atoms with van der Waals surface area (Å²) in [5.74, 6) is 0. The number of aliphatic hydroxyl groups is 1. The third-order valence-electron chi connectivity index (χ3n) is 2.40. The van der Waals surface area contributed by atoms with Crippen molar-refractivity contribution < 1.29 is 9.67 Å². The number of rotatable bonds is 3. The van der Waals surface area contributed by atoms with Gasteiger partial charge in [0.15, 0.2) is 12.7 Å². The standard InChI is InChI=1S/C12H12Br2NO/c13-6-11(16)8-15-7-10(14)5-9-3-1-2-4-12(9)15/h1-5,7,11,16H,6,8H2/q+1/t11-/m1/s1. The van der Waals surface area contributed by atoms with Crippen molar-refractivity contribution >= 4 is 42.8 Å². The van der Waals surface area contributed by atoms with Crippen LogP contribution in [0, 0.1) is 0 Å². The molecule has 0 amide bonds. The Bertz CT molecular complexity index is 501. The molecule has 0 radical (unpaired) electrons. The van der Waals surface area contributed by atoms with Gasteiger partial charge >= 0.3 is 0 Å². The zero-order chi connectivity index (χ0) is 11.5. The van der Waals surface area contributed by atoms with E-state index in [1.54, 1.807) is 0 Å². The summed E-state index contributed by atoms with van der Waals surface area (Å²) in [7, 11) is 0. The molecule has 0 fully saturated rings. The van der Waals surface area contributed by atoms with Crippen LogP contribution in [0.1, 0.15) is 0 Å². The summed E-state index contributed by atoms with van der Waals surface area (Å²) in [4.78, 5) is 0. The van der Waals surface area contributed by atoms with Gasteiger partial charge in [-0.3, -0.25) is 0 Å². The fraction of sp³-hybridized carbons (Fsp3) is 0.250. The number of fused-ring (bicyclic) bond motifs is 1. The van der Waals surface area contributed by atoms with E-state index in [9.17, 15) is 5.11 Å². The highest BCUT2D eigenvalue weighted by atomic mass is 79.9. The van der Waals surface area contributed by atoms with Crippen molar-refractivity contribution in [2.75, 3.05) is 5.33 Å². The van der Waals surface area contributed by atoms with Gasteiger partial charge in [-0.05, 0) is 28.1 Å². The zero-order valence-electron chi connectivity index (χ0n) is 8.61. The topological polar surface area (TPSA) is 24.1 Å². The van der Waals surface area contributed by atoms with Crippen LogP contribution in [-0.4, -0.2) is 16.5 Å². The minimum Gasteiger partial charge on any atom is -0.386 e. The lowest BCUT2D eigenvalue weighted by molar-refractivity contribution is -0.678. The second kappa shape index (κ2) is 5.25. The average molecular weight is 346 g/mol. The largest absolute Gasteiger partial charge is 0.386 e. The summed E-state index contributed by atoms with van der Waals surface area (Å²) >= 11 is 6.76. The van der Waals surface area contributed by atoms with Crippen molar-refractivity contribution in [2.24, 2.45) is 0 Å². The summed E-state index contributed by atoms with van der Waals surface area (Å²) < 4.78 is 3.08. The number of benzene rings is 1. The lowest BCUT2D eigenvalue weighted by atomic mass is 10.2. The molecular weight excluding hydrogens is 334 g/mol. The molecule has 0 bridgehead atoms. The van der Waals surface area contributed by atoms with E-state index in [0.717, 1.165) is 9.99 Å². The number of para-hydroxylation sites is 1. The molecule has 2 nitrogen and oxygen atoms in total. The number of aromatic nitrogens is 1. The highest BCUT2D eigenvalue weighted by Crippen LogP contribution is 2.15. The first-order valence-corrected chi connectivity index (χ1v) is 6.94. The summed E-state index contributed by atoms with van der Waals surface area (Å²) in [6, 6.07) is 10.2. The molecule has 2 rings (SSSR count). The molecule has 1 aromatic heterocycles. The molecule has 4 heteroatoms. The lowest BCUT2D eigenvalue weighted by Crippen LogP contribution is -2.41. The molecule has 0 saturated heterocycles. The van der Waals surface area contributed by atoms with E-state index < -0.39 is 0 Å². The maximum Gasteiger partial charge on any atom is 0.212 e. The summed E-state index contributed by atoms with van der Waals surface area (Å²) in [6.45, 7) is 0.588. The number of aliphatic hydroxyl groups excluding tert-OH is 1. The number of halogens is 2. The fourth-order valence-electron chi connectivity index (χ4n) is 1.70. The van der Waals surface area contributed by atoms with E-state index >= 15 is 0 Å². The molecular formula is C12H12Br2NO+. The monoisotopic (exact) mass is 344 g/mol. The number of nitrogens with zero attached hydrogens (tertiary/aromatic N) is 1. The quantitative estimate of drug-likeness (QED) is 0.671. The van der Waals surface area contributed by atoms with E-state index in [-0.39, 0.29) is 6.10 Å². The van der Waals surface area contributed by atoms with E-state index in [0.29, 0.717) is 11.9 Å². The maximum atomic E-state index is 9.68. The Hall–Kier alpha value is -0.450. The van der Waals surface area contributed by atoms with Crippen molar-refractivity contribution in [1.82, 2.24) is 0 Å². The van der Waals surface area contributed by atoms with Crippen LogP contribution >= 0.6 is 31.9 Å². The van der Waals surface area contributed by atoms with E-state index in [2.05, 4.69) is 54.6 Å². The predicted octanol–water partition coefficient (Wildman–Crippen LogP) is 2.65. The number of hydrogen-bond donors (Lipinski definition) is 1. The first-order valence-electron chi connectivity index (χ1n) is 5.02. The molecule has 84 valence electrons. The smallest absolute Gasteiger partial charge is 0.212 e. The van der Waals surface area contributed by atoms with E-state index in [1.807, 2.05) is 18.3 Å². The highest BCUT2D eigenvalue weighted by Gasteiger charge is 2.14. The van der Waals surface area contributed by atoms with Gasteiger partial charge in [0.2, 0.25) is 5.52 Å². The molecule has 1 aromatic carbocycles. The van der Waals surface area contributed by atoms with Gasteiger partial charge in [-0.1, -0.05) is 28.1 Å². The molecule has 0 saturated carbocycles. The van der Waals surface area contributed by atoms with Gasteiger partial charge in [0.25, 0.3) is 0 Å². The molecule has 0 aliphatic carbocycles. The van der Waals surface area contributed by atoms with Crippen LogP contribution in [0.25, 0.3) is 10.9 Å². The second-order valence-corrected chi connectivity index (χ2v) is 5.24. The Morgan fingerprint density at radius 3 is 2.81 bits per heavy atom. The van der Waals surface area contributed by atoms with Crippen LogP contribution in [0.5, 0.6) is 0 Å². The van der Waals surface area contributed by atoms with Crippen LogP contribution in [0.4, 0.5) is 0 Å². The second-order valence-electron chi connectivity index (χ2n) is 3.68. The molecule has 0 aliphatic heterocycles. The Balaban J connectivity index is 2.50. The first kappa shape index (κ1) is 12.0. The minimum absolute atomic E-state index is 0.372. The molecule has 2 aromatic rings. The van der Waals surface area contributed by atoms with Crippen molar-refractivity contribution in [2.45, 2.75) is 12.6 Å². The third kappa shape index (κ3) is 2.62. The van der Waals surface area contributed by atoms with Gasteiger partial charge in [0.05, 0.1) is 4.47 Å². The van der Waals surface area contributed by atoms with Gasteiger partial charge in [-0.2, -0.15) is 4.57 Å². The summed E-state index contributed by atoms with van der Waals surface area (Å²) in [6.07, 6.45) is 1.62. The molecule has 1 atom stereocenters. The third-order valence-corrected chi connectivity index (χ3v) is 3.59.